The Bertz CT molecular complexity index is 548. The number of amides is 1. The fourth-order valence-electron chi connectivity index (χ4n) is 3.62. The molecule has 0 spiro atoms. The van der Waals surface area contributed by atoms with E-state index in [9.17, 15) is 4.79 Å². The van der Waals surface area contributed by atoms with Crippen LogP contribution in [0.15, 0.2) is 24.3 Å². The zero-order chi connectivity index (χ0) is 15.7. The van der Waals surface area contributed by atoms with Crippen molar-refractivity contribution in [3.63, 3.8) is 0 Å². The number of benzene rings is 1. The number of piperidine rings is 1. The summed E-state index contributed by atoms with van der Waals surface area (Å²) < 4.78 is 0. The molecule has 3 nitrogen and oxygen atoms in total. The SMILES string of the molecule is CC1(C)CCCC(C)(C)N1C(=O)Cc1ccc(C#N)cc1. The van der Waals surface area contributed by atoms with E-state index in [1.54, 1.807) is 12.1 Å². The predicted octanol–water partition coefficient (Wildman–Crippen LogP) is 3.67. The largest absolute Gasteiger partial charge is 0.332 e. The summed E-state index contributed by atoms with van der Waals surface area (Å²) in [6, 6.07) is 9.40. The van der Waals surface area contributed by atoms with Crippen LogP contribution in [0.2, 0.25) is 0 Å². The Balaban J connectivity index is 2.19. The van der Waals surface area contributed by atoms with Gasteiger partial charge in [0.1, 0.15) is 0 Å². The van der Waals surface area contributed by atoms with Gasteiger partial charge in [0.15, 0.2) is 0 Å². The Labute approximate surface area is 127 Å². The highest BCUT2D eigenvalue weighted by Crippen LogP contribution is 2.38. The summed E-state index contributed by atoms with van der Waals surface area (Å²) in [5.41, 5.74) is 1.41. The first-order valence-corrected chi connectivity index (χ1v) is 7.58. The standard InChI is InChI=1S/C18H24N2O/c1-17(2)10-5-11-18(3,4)20(17)16(21)12-14-6-8-15(13-19)9-7-14/h6-9H,5,10-12H2,1-4H3. The van der Waals surface area contributed by atoms with Crippen molar-refractivity contribution < 1.29 is 4.79 Å². The number of carbonyl (C=O) groups excluding carboxylic acids is 1. The molecule has 0 saturated carbocycles. The molecule has 0 N–H and O–H groups in total. The molecule has 0 atom stereocenters. The second-order valence-electron chi connectivity index (χ2n) is 7.19. The second kappa shape index (κ2) is 5.52. The van der Waals surface area contributed by atoms with Gasteiger partial charge in [-0.3, -0.25) is 4.79 Å². The normalized spacial score (nSPS) is 19.9. The first kappa shape index (κ1) is 15.6. The van der Waals surface area contributed by atoms with E-state index in [2.05, 4.69) is 38.7 Å². The maximum absolute atomic E-state index is 12.8. The molecule has 0 aliphatic carbocycles. The smallest absolute Gasteiger partial charge is 0.227 e. The second-order valence-corrected chi connectivity index (χ2v) is 7.19. The molecule has 1 heterocycles. The predicted molar refractivity (Wildman–Crippen MR) is 83.7 cm³/mol. The fourth-order valence-corrected chi connectivity index (χ4v) is 3.62. The van der Waals surface area contributed by atoms with Crippen LogP contribution in [-0.4, -0.2) is 21.9 Å². The van der Waals surface area contributed by atoms with Crippen molar-refractivity contribution in [2.45, 2.75) is 64.5 Å². The molecule has 1 fully saturated rings. The zero-order valence-corrected chi connectivity index (χ0v) is 13.4. The van der Waals surface area contributed by atoms with Gasteiger partial charge in [-0.05, 0) is 64.7 Å². The molecular formula is C18H24N2O. The highest BCUT2D eigenvalue weighted by atomic mass is 16.2. The van der Waals surface area contributed by atoms with Gasteiger partial charge in [0.2, 0.25) is 5.91 Å². The third-order valence-electron chi connectivity index (χ3n) is 4.48. The molecule has 0 aromatic heterocycles. The number of hydrogen-bond acceptors (Lipinski definition) is 2. The molecule has 2 rings (SSSR count). The van der Waals surface area contributed by atoms with Crippen LogP contribution in [0.25, 0.3) is 0 Å². The van der Waals surface area contributed by atoms with Crippen LogP contribution in [0.5, 0.6) is 0 Å². The minimum atomic E-state index is -0.0918. The van der Waals surface area contributed by atoms with Crippen molar-refractivity contribution in [3.8, 4) is 6.07 Å². The van der Waals surface area contributed by atoms with Crippen molar-refractivity contribution in [1.29, 1.82) is 5.26 Å². The molecule has 0 radical (unpaired) electrons. The Morgan fingerprint density at radius 2 is 1.67 bits per heavy atom. The lowest BCUT2D eigenvalue weighted by atomic mass is 9.79. The van der Waals surface area contributed by atoms with Crippen LogP contribution < -0.4 is 0 Å². The fraction of sp³-hybridized carbons (Fsp3) is 0.556. The summed E-state index contributed by atoms with van der Waals surface area (Å²) in [7, 11) is 0. The third-order valence-corrected chi connectivity index (χ3v) is 4.48. The maximum atomic E-state index is 12.8. The average molecular weight is 284 g/mol. The van der Waals surface area contributed by atoms with Gasteiger partial charge in [-0.25, -0.2) is 0 Å². The average Bonchev–Trinajstić information content (AvgIpc) is 2.37. The number of carbonyl (C=O) groups is 1. The monoisotopic (exact) mass is 284 g/mol. The molecular weight excluding hydrogens is 260 g/mol. The molecule has 1 aliphatic rings. The van der Waals surface area contributed by atoms with E-state index in [1.807, 2.05) is 12.1 Å². The van der Waals surface area contributed by atoms with Gasteiger partial charge in [-0.1, -0.05) is 12.1 Å². The summed E-state index contributed by atoms with van der Waals surface area (Å²) in [4.78, 5) is 14.9. The number of nitrogens with zero attached hydrogens (tertiary/aromatic N) is 2. The van der Waals surface area contributed by atoms with Gasteiger partial charge in [0.25, 0.3) is 0 Å². The minimum Gasteiger partial charge on any atom is -0.332 e. The summed E-state index contributed by atoms with van der Waals surface area (Å²) in [5.74, 6) is 0.175. The molecule has 21 heavy (non-hydrogen) atoms. The zero-order valence-electron chi connectivity index (χ0n) is 13.4. The molecule has 1 amide bonds. The molecule has 3 heteroatoms. The van der Waals surface area contributed by atoms with Crippen LogP contribution >= 0.6 is 0 Å². The number of nitriles is 1. The topological polar surface area (TPSA) is 44.1 Å². The van der Waals surface area contributed by atoms with Crippen molar-refractivity contribution in [1.82, 2.24) is 4.90 Å². The van der Waals surface area contributed by atoms with Crippen LogP contribution in [0.3, 0.4) is 0 Å². The third kappa shape index (κ3) is 3.26. The molecule has 112 valence electrons. The lowest BCUT2D eigenvalue weighted by molar-refractivity contribution is -0.148. The van der Waals surface area contributed by atoms with Crippen molar-refractivity contribution in [2.24, 2.45) is 0 Å². The highest BCUT2D eigenvalue weighted by molar-refractivity contribution is 5.80. The van der Waals surface area contributed by atoms with E-state index in [0.29, 0.717) is 12.0 Å². The number of hydrogen-bond donors (Lipinski definition) is 0. The summed E-state index contributed by atoms with van der Waals surface area (Å²) in [5, 5.41) is 8.83. The summed E-state index contributed by atoms with van der Waals surface area (Å²) in [6.45, 7) is 8.63. The Morgan fingerprint density at radius 3 is 2.14 bits per heavy atom. The van der Waals surface area contributed by atoms with E-state index < -0.39 is 0 Å². The van der Waals surface area contributed by atoms with E-state index >= 15 is 0 Å². The lowest BCUT2D eigenvalue weighted by Gasteiger charge is -2.53. The molecule has 1 aromatic rings. The first-order valence-electron chi connectivity index (χ1n) is 7.58. The minimum absolute atomic E-state index is 0.0918. The lowest BCUT2D eigenvalue weighted by Crippen LogP contribution is -2.61. The molecule has 1 aliphatic heterocycles. The van der Waals surface area contributed by atoms with Gasteiger partial charge in [-0.2, -0.15) is 5.26 Å². The van der Waals surface area contributed by atoms with Gasteiger partial charge in [-0.15, -0.1) is 0 Å². The van der Waals surface area contributed by atoms with Gasteiger partial charge in [0.05, 0.1) is 18.1 Å². The van der Waals surface area contributed by atoms with Crippen molar-refractivity contribution in [3.05, 3.63) is 35.4 Å². The van der Waals surface area contributed by atoms with E-state index in [4.69, 9.17) is 5.26 Å². The van der Waals surface area contributed by atoms with Gasteiger partial charge in [0, 0.05) is 11.1 Å². The molecule has 0 unspecified atom stereocenters. The molecule has 0 bridgehead atoms. The quantitative estimate of drug-likeness (QED) is 0.831. The van der Waals surface area contributed by atoms with Crippen LogP contribution in [0.4, 0.5) is 0 Å². The highest BCUT2D eigenvalue weighted by Gasteiger charge is 2.43. The number of rotatable bonds is 2. The van der Waals surface area contributed by atoms with E-state index in [-0.39, 0.29) is 17.0 Å². The van der Waals surface area contributed by atoms with Crippen LogP contribution in [0.1, 0.15) is 58.1 Å². The van der Waals surface area contributed by atoms with Crippen molar-refractivity contribution >= 4 is 5.91 Å². The van der Waals surface area contributed by atoms with E-state index in [0.717, 1.165) is 18.4 Å². The van der Waals surface area contributed by atoms with Crippen molar-refractivity contribution in [2.75, 3.05) is 0 Å². The first-order chi connectivity index (χ1) is 9.76. The summed E-state index contributed by atoms with van der Waals surface area (Å²) >= 11 is 0. The molecule has 1 saturated heterocycles. The molecule has 1 aromatic carbocycles. The van der Waals surface area contributed by atoms with Gasteiger partial charge >= 0.3 is 0 Å². The van der Waals surface area contributed by atoms with Crippen LogP contribution in [-0.2, 0) is 11.2 Å². The summed E-state index contributed by atoms with van der Waals surface area (Å²) in [6.07, 6.45) is 3.67. The Hall–Kier alpha value is -1.82. The van der Waals surface area contributed by atoms with Crippen LogP contribution in [0, 0.1) is 11.3 Å². The van der Waals surface area contributed by atoms with E-state index in [1.165, 1.54) is 6.42 Å². The maximum Gasteiger partial charge on any atom is 0.227 e. The Kier molecular flexibility index (Phi) is 4.09. The number of likely N-dealkylation sites (tertiary alicyclic amines) is 1. The van der Waals surface area contributed by atoms with Gasteiger partial charge < -0.3 is 4.90 Å². The Morgan fingerprint density at radius 1 is 1.14 bits per heavy atom.